The molecule has 112 valence electrons. The number of rotatable bonds is 3. The van der Waals surface area contributed by atoms with E-state index < -0.39 is 11.7 Å². The summed E-state index contributed by atoms with van der Waals surface area (Å²) in [5.41, 5.74) is 7.14. The van der Waals surface area contributed by atoms with Crippen LogP contribution in [0.15, 0.2) is 24.3 Å². The molecule has 1 aromatic heterocycles. The summed E-state index contributed by atoms with van der Waals surface area (Å²) in [6, 6.07) is 5.92. The van der Waals surface area contributed by atoms with Crippen LogP contribution in [0.25, 0.3) is 16.3 Å². The van der Waals surface area contributed by atoms with Gasteiger partial charge in [-0.15, -0.1) is 0 Å². The summed E-state index contributed by atoms with van der Waals surface area (Å²) < 4.78 is 6.20. The highest BCUT2D eigenvalue weighted by Gasteiger charge is 2.14. The number of hydrogen-bond acceptors (Lipinski definition) is 5. The van der Waals surface area contributed by atoms with Crippen molar-refractivity contribution in [3.05, 3.63) is 29.8 Å². The second-order valence-corrected chi connectivity index (χ2v) is 6.63. The number of amides is 1. The molecule has 2 aromatic rings. The molecule has 1 heterocycles. The van der Waals surface area contributed by atoms with E-state index in [1.54, 1.807) is 0 Å². The highest BCUT2D eigenvalue weighted by molar-refractivity contribution is 7.22. The van der Waals surface area contributed by atoms with Crippen LogP contribution >= 0.6 is 11.3 Å². The number of fused-ring (bicyclic) bond motifs is 1. The number of carbonyl (C=O) groups is 1. The van der Waals surface area contributed by atoms with Crippen molar-refractivity contribution in [1.82, 2.24) is 10.3 Å². The molecule has 0 radical (unpaired) electrons. The lowest BCUT2D eigenvalue weighted by atomic mass is 10.2. The van der Waals surface area contributed by atoms with Crippen molar-refractivity contribution in [2.24, 2.45) is 0 Å². The maximum Gasteiger partial charge on any atom is 0.407 e. The van der Waals surface area contributed by atoms with Gasteiger partial charge in [0.1, 0.15) is 5.60 Å². The summed E-state index contributed by atoms with van der Waals surface area (Å²) >= 11 is 1.46. The molecule has 0 unspecified atom stereocenters. The Morgan fingerprint density at radius 2 is 2.24 bits per heavy atom. The number of nitrogen functional groups attached to an aromatic ring is 1. The SMILES string of the molecule is CC(C)(C)OC(=O)NCC=Cc1ccc2nc(N)sc2c1. The van der Waals surface area contributed by atoms with Gasteiger partial charge in [0.15, 0.2) is 5.13 Å². The third-order valence-corrected chi connectivity index (χ3v) is 3.35. The van der Waals surface area contributed by atoms with Crippen LogP contribution in [0.1, 0.15) is 26.3 Å². The summed E-state index contributed by atoms with van der Waals surface area (Å²) in [7, 11) is 0. The predicted molar refractivity (Wildman–Crippen MR) is 87.3 cm³/mol. The normalized spacial score (nSPS) is 12.0. The van der Waals surface area contributed by atoms with Crippen LogP contribution in [0.2, 0.25) is 0 Å². The average molecular weight is 305 g/mol. The van der Waals surface area contributed by atoms with Crippen molar-refractivity contribution in [2.45, 2.75) is 26.4 Å². The van der Waals surface area contributed by atoms with Crippen LogP contribution in [-0.2, 0) is 4.74 Å². The van der Waals surface area contributed by atoms with Gasteiger partial charge in [0.2, 0.25) is 0 Å². The largest absolute Gasteiger partial charge is 0.444 e. The van der Waals surface area contributed by atoms with Crippen LogP contribution in [0.4, 0.5) is 9.93 Å². The van der Waals surface area contributed by atoms with Crippen LogP contribution in [0.3, 0.4) is 0 Å². The number of nitrogens with one attached hydrogen (secondary N) is 1. The Hall–Kier alpha value is -2.08. The van der Waals surface area contributed by atoms with E-state index in [1.165, 1.54) is 11.3 Å². The summed E-state index contributed by atoms with van der Waals surface area (Å²) in [4.78, 5) is 15.7. The first-order valence-corrected chi connectivity index (χ1v) is 7.44. The quantitative estimate of drug-likeness (QED) is 0.911. The first-order chi connectivity index (χ1) is 9.83. The second-order valence-electron chi connectivity index (χ2n) is 5.56. The number of ether oxygens (including phenoxy) is 1. The van der Waals surface area contributed by atoms with E-state index in [4.69, 9.17) is 10.5 Å². The van der Waals surface area contributed by atoms with Gasteiger partial charge in [-0.2, -0.15) is 0 Å². The number of nitrogens with two attached hydrogens (primary N) is 1. The molecule has 0 aliphatic rings. The second kappa shape index (κ2) is 6.13. The maximum absolute atomic E-state index is 11.5. The van der Waals surface area contributed by atoms with Crippen molar-refractivity contribution in [2.75, 3.05) is 12.3 Å². The molecule has 0 aliphatic heterocycles. The summed E-state index contributed by atoms with van der Waals surface area (Å²) in [5, 5.41) is 3.24. The van der Waals surface area contributed by atoms with Gasteiger partial charge in [0.25, 0.3) is 0 Å². The van der Waals surface area contributed by atoms with Gasteiger partial charge >= 0.3 is 6.09 Å². The lowest BCUT2D eigenvalue weighted by Gasteiger charge is -2.19. The molecule has 2 rings (SSSR count). The molecule has 3 N–H and O–H groups in total. The molecular formula is C15H19N3O2S. The van der Waals surface area contributed by atoms with Gasteiger partial charge in [-0.05, 0) is 38.5 Å². The Labute approximate surface area is 127 Å². The van der Waals surface area contributed by atoms with Crippen molar-refractivity contribution in [1.29, 1.82) is 0 Å². The van der Waals surface area contributed by atoms with E-state index in [2.05, 4.69) is 10.3 Å². The number of carbonyl (C=O) groups excluding carboxylic acids is 1. The number of nitrogens with zero attached hydrogens (tertiary/aromatic N) is 1. The Morgan fingerprint density at radius 1 is 1.48 bits per heavy atom. The van der Waals surface area contributed by atoms with E-state index in [1.807, 2.05) is 51.1 Å². The predicted octanol–water partition coefficient (Wildman–Crippen LogP) is 3.42. The van der Waals surface area contributed by atoms with Crippen LogP contribution < -0.4 is 11.1 Å². The number of hydrogen-bond donors (Lipinski definition) is 2. The molecule has 21 heavy (non-hydrogen) atoms. The van der Waals surface area contributed by atoms with Crippen LogP contribution in [0, 0.1) is 0 Å². The fraction of sp³-hybridized carbons (Fsp3) is 0.333. The summed E-state index contributed by atoms with van der Waals surface area (Å²) in [5.74, 6) is 0. The zero-order valence-electron chi connectivity index (χ0n) is 12.3. The van der Waals surface area contributed by atoms with Crippen LogP contribution in [-0.4, -0.2) is 23.2 Å². The third kappa shape index (κ3) is 4.75. The van der Waals surface area contributed by atoms with E-state index >= 15 is 0 Å². The van der Waals surface area contributed by atoms with Crippen molar-refractivity contribution in [3.63, 3.8) is 0 Å². The lowest BCUT2D eigenvalue weighted by molar-refractivity contribution is 0.0534. The Kier molecular flexibility index (Phi) is 4.47. The molecular weight excluding hydrogens is 286 g/mol. The molecule has 0 aliphatic carbocycles. The molecule has 0 bridgehead atoms. The van der Waals surface area contributed by atoms with Crippen LogP contribution in [0.5, 0.6) is 0 Å². The fourth-order valence-electron chi connectivity index (χ4n) is 1.71. The van der Waals surface area contributed by atoms with Gasteiger partial charge in [-0.25, -0.2) is 9.78 Å². The molecule has 0 saturated heterocycles. The molecule has 6 heteroatoms. The zero-order valence-corrected chi connectivity index (χ0v) is 13.2. The Morgan fingerprint density at radius 3 is 2.95 bits per heavy atom. The average Bonchev–Trinajstić information content (AvgIpc) is 2.71. The highest BCUT2D eigenvalue weighted by atomic mass is 32.1. The van der Waals surface area contributed by atoms with Gasteiger partial charge < -0.3 is 15.8 Å². The smallest absolute Gasteiger partial charge is 0.407 e. The topological polar surface area (TPSA) is 77.2 Å². The minimum Gasteiger partial charge on any atom is -0.444 e. The Balaban J connectivity index is 1.89. The first-order valence-electron chi connectivity index (χ1n) is 6.63. The summed E-state index contributed by atoms with van der Waals surface area (Å²) in [6.07, 6.45) is 3.39. The first kappa shape index (κ1) is 15.3. The third-order valence-electron chi connectivity index (χ3n) is 2.50. The lowest BCUT2D eigenvalue weighted by Crippen LogP contribution is -2.32. The van der Waals surface area contributed by atoms with E-state index in [-0.39, 0.29) is 0 Å². The zero-order chi connectivity index (χ0) is 15.5. The minimum absolute atomic E-state index is 0.414. The number of anilines is 1. The van der Waals surface area contributed by atoms with E-state index in [0.717, 1.165) is 15.8 Å². The van der Waals surface area contributed by atoms with Crippen molar-refractivity contribution in [3.8, 4) is 0 Å². The fourth-order valence-corrected chi connectivity index (χ4v) is 2.50. The molecule has 0 fully saturated rings. The number of aromatic nitrogens is 1. The standard InChI is InChI=1S/C15H19N3O2S/c1-15(2,3)20-14(19)17-8-4-5-10-6-7-11-12(9-10)21-13(16)18-11/h4-7,9H,8H2,1-3H3,(H2,16,18)(H,17,19). The molecule has 1 aromatic carbocycles. The van der Waals surface area contributed by atoms with E-state index in [9.17, 15) is 4.79 Å². The minimum atomic E-state index is -0.481. The van der Waals surface area contributed by atoms with Gasteiger partial charge in [0.05, 0.1) is 10.2 Å². The van der Waals surface area contributed by atoms with Gasteiger partial charge in [0, 0.05) is 6.54 Å². The summed E-state index contributed by atoms with van der Waals surface area (Å²) in [6.45, 7) is 5.91. The molecule has 0 saturated carbocycles. The number of thiazole rings is 1. The molecule has 0 atom stereocenters. The Bertz CT molecular complexity index is 671. The van der Waals surface area contributed by atoms with Gasteiger partial charge in [-0.1, -0.05) is 29.6 Å². The van der Waals surface area contributed by atoms with Crippen molar-refractivity contribution < 1.29 is 9.53 Å². The highest BCUT2D eigenvalue weighted by Crippen LogP contribution is 2.24. The molecule has 1 amide bonds. The monoisotopic (exact) mass is 305 g/mol. The van der Waals surface area contributed by atoms with Gasteiger partial charge in [-0.3, -0.25) is 0 Å². The molecule has 0 spiro atoms. The molecule has 5 nitrogen and oxygen atoms in total. The maximum atomic E-state index is 11.5. The number of alkyl carbamates (subject to hydrolysis) is 1. The van der Waals surface area contributed by atoms with Crippen molar-refractivity contribution >= 4 is 38.9 Å². The van der Waals surface area contributed by atoms with E-state index in [0.29, 0.717) is 11.7 Å². The number of benzene rings is 1.